The molecule has 126 valence electrons. The van der Waals surface area contributed by atoms with Crippen molar-refractivity contribution in [2.45, 2.75) is 16.7 Å². The highest BCUT2D eigenvalue weighted by Crippen LogP contribution is 2.48. The van der Waals surface area contributed by atoms with E-state index in [-0.39, 0.29) is 15.3 Å². The van der Waals surface area contributed by atoms with Gasteiger partial charge in [-0.1, -0.05) is 11.8 Å². The summed E-state index contributed by atoms with van der Waals surface area (Å²) in [5.41, 5.74) is 3.27. The summed E-state index contributed by atoms with van der Waals surface area (Å²) in [5, 5.41) is 16.2. The molecular formula is C13H14N6O2S3. The van der Waals surface area contributed by atoms with Crippen molar-refractivity contribution < 1.29 is 8.42 Å². The quantitative estimate of drug-likeness (QED) is 0.774. The Balaban J connectivity index is 1.87. The Hall–Kier alpha value is -1.56. The highest BCUT2D eigenvalue weighted by Gasteiger charge is 2.49. The molecule has 4 rings (SSSR count). The Kier molecular flexibility index (Phi) is 3.82. The molecule has 24 heavy (non-hydrogen) atoms. The van der Waals surface area contributed by atoms with E-state index in [1.807, 2.05) is 24.4 Å². The minimum absolute atomic E-state index is 0.210. The molecule has 3 aliphatic heterocycles. The van der Waals surface area contributed by atoms with E-state index < -0.39 is 9.84 Å². The van der Waals surface area contributed by atoms with Crippen LogP contribution in [0.1, 0.15) is 6.42 Å². The topological polar surface area (TPSA) is 90.6 Å². The number of nitrogens with zero attached hydrogens (tertiary/aromatic N) is 6. The number of hydrogen-bond donors (Lipinski definition) is 0. The van der Waals surface area contributed by atoms with Crippen molar-refractivity contribution in [3.05, 3.63) is 33.3 Å². The van der Waals surface area contributed by atoms with Crippen molar-refractivity contribution in [2.75, 3.05) is 20.6 Å². The van der Waals surface area contributed by atoms with Crippen LogP contribution in [0, 0.1) is 0 Å². The molecule has 0 radical (unpaired) electrons. The van der Waals surface area contributed by atoms with Gasteiger partial charge in [-0.3, -0.25) is 4.98 Å². The summed E-state index contributed by atoms with van der Waals surface area (Å²) >= 11 is 2.58. The predicted octanol–water partition coefficient (Wildman–Crippen LogP) is 2.09. The first-order valence-electron chi connectivity index (χ1n) is 7.16. The van der Waals surface area contributed by atoms with E-state index >= 15 is 0 Å². The van der Waals surface area contributed by atoms with Gasteiger partial charge in [0.05, 0.1) is 11.7 Å². The molecule has 1 aromatic rings. The molecule has 3 aliphatic rings. The number of rotatable bonds is 5. The first-order valence-corrected chi connectivity index (χ1v) is 10.4. The van der Waals surface area contributed by atoms with E-state index in [0.717, 1.165) is 34.1 Å². The summed E-state index contributed by atoms with van der Waals surface area (Å²) in [4.78, 5) is 5.93. The van der Waals surface area contributed by atoms with Gasteiger partial charge in [0.15, 0.2) is 5.03 Å². The summed E-state index contributed by atoms with van der Waals surface area (Å²) in [5.74, 6) is 0. The number of hydrogen-bond acceptors (Lipinski definition) is 10. The fourth-order valence-electron chi connectivity index (χ4n) is 2.82. The number of aromatic nitrogens is 1. The molecule has 1 unspecified atom stereocenters. The summed E-state index contributed by atoms with van der Waals surface area (Å²) < 4.78 is 26.5. The standard InChI is InChI=1S/C13H14N6O2S3/c1-18(2)4-3-8-9-6-22-12-11(9)19(17-16-15-12)13(8)24(20,21)10-5-14-7-23-10/h5-7,11H,3-4H2,1-2H3. The van der Waals surface area contributed by atoms with Crippen molar-refractivity contribution in [1.29, 1.82) is 0 Å². The van der Waals surface area contributed by atoms with Crippen LogP contribution in [-0.4, -0.2) is 55.0 Å². The average Bonchev–Trinajstić information content (AvgIpc) is 3.25. The van der Waals surface area contributed by atoms with Crippen LogP contribution in [0.4, 0.5) is 0 Å². The van der Waals surface area contributed by atoms with Crippen LogP contribution < -0.4 is 0 Å². The first-order chi connectivity index (χ1) is 11.5. The minimum atomic E-state index is -3.70. The van der Waals surface area contributed by atoms with Gasteiger partial charge in [-0.05, 0) is 47.5 Å². The molecule has 1 atom stereocenters. The molecule has 0 aromatic carbocycles. The maximum absolute atomic E-state index is 13.2. The highest BCUT2D eigenvalue weighted by atomic mass is 32.2. The smallest absolute Gasteiger partial charge is 0.234 e. The lowest BCUT2D eigenvalue weighted by Crippen LogP contribution is -2.33. The maximum atomic E-state index is 13.2. The maximum Gasteiger partial charge on any atom is 0.234 e. The second kappa shape index (κ2) is 5.76. The van der Waals surface area contributed by atoms with Crippen molar-refractivity contribution >= 4 is 38.0 Å². The zero-order valence-electron chi connectivity index (χ0n) is 12.9. The van der Waals surface area contributed by atoms with Gasteiger partial charge >= 0.3 is 0 Å². The van der Waals surface area contributed by atoms with E-state index in [1.54, 1.807) is 0 Å². The first kappa shape index (κ1) is 15.9. The summed E-state index contributed by atoms with van der Waals surface area (Å²) in [7, 11) is 0.225. The second-order valence-corrected chi connectivity index (χ2v) is 9.58. The van der Waals surface area contributed by atoms with E-state index in [0.29, 0.717) is 6.42 Å². The average molecular weight is 382 g/mol. The molecule has 0 saturated carbocycles. The fraction of sp³-hybridized carbons (Fsp3) is 0.385. The predicted molar refractivity (Wildman–Crippen MR) is 93.1 cm³/mol. The molecule has 0 amide bonds. The van der Waals surface area contributed by atoms with E-state index in [4.69, 9.17) is 0 Å². The van der Waals surface area contributed by atoms with Gasteiger partial charge in [0.25, 0.3) is 0 Å². The normalized spacial score (nSPS) is 22.3. The van der Waals surface area contributed by atoms with Crippen LogP contribution in [0.5, 0.6) is 0 Å². The molecule has 1 aromatic heterocycles. The SMILES string of the molecule is CN(C)CCC1=C(S(=O)(=O)c2cncs2)N2N=NN=C3SC=C1C32. The van der Waals surface area contributed by atoms with Gasteiger partial charge in [-0.25, -0.2) is 13.4 Å². The summed E-state index contributed by atoms with van der Waals surface area (Å²) in [6.45, 7) is 0.739. The second-order valence-electron chi connectivity index (χ2n) is 5.72. The third kappa shape index (κ3) is 2.34. The van der Waals surface area contributed by atoms with Crippen molar-refractivity contribution in [2.24, 2.45) is 15.5 Å². The van der Waals surface area contributed by atoms with Gasteiger partial charge < -0.3 is 4.90 Å². The molecule has 0 spiro atoms. The van der Waals surface area contributed by atoms with Crippen LogP contribution in [0.3, 0.4) is 0 Å². The van der Waals surface area contributed by atoms with Crippen molar-refractivity contribution in [1.82, 2.24) is 14.9 Å². The molecule has 0 bridgehead atoms. The fourth-order valence-corrected chi connectivity index (χ4v) is 6.32. The van der Waals surface area contributed by atoms with Crippen LogP contribution >= 0.6 is 23.1 Å². The molecule has 4 heterocycles. The Morgan fingerprint density at radius 1 is 1.38 bits per heavy atom. The Bertz CT molecular complexity index is 898. The zero-order valence-corrected chi connectivity index (χ0v) is 15.4. The van der Waals surface area contributed by atoms with Crippen LogP contribution in [-0.2, 0) is 9.84 Å². The molecule has 11 heteroatoms. The number of thiazole rings is 1. The largest absolute Gasteiger partial charge is 0.309 e. The number of sulfone groups is 1. The van der Waals surface area contributed by atoms with E-state index in [1.165, 1.54) is 28.5 Å². The third-order valence-electron chi connectivity index (χ3n) is 3.91. The lowest BCUT2D eigenvalue weighted by Gasteiger charge is -2.22. The summed E-state index contributed by atoms with van der Waals surface area (Å²) in [6.07, 6.45) is 1.99. The van der Waals surface area contributed by atoms with Crippen LogP contribution in [0.2, 0.25) is 0 Å². The van der Waals surface area contributed by atoms with Gasteiger partial charge in [-0.2, -0.15) is 0 Å². The van der Waals surface area contributed by atoms with Gasteiger partial charge in [0.2, 0.25) is 9.84 Å². The van der Waals surface area contributed by atoms with Gasteiger partial charge in [0.1, 0.15) is 15.3 Å². The Morgan fingerprint density at radius 3 is 2.92 bits per heavy atom. The lowest BCUT2D eigenvalue weighted by molar-refractivity contribution is 0.352. The highest BCUT2D eigenvalue weighted by molar-refractivity contribution is 8.17. The zero-order chi connectivity index (χ0) is 16.9. The third-order valence-corrected chi connectivity index (χ3v) is 7.92. The van der Waals surface area contributed by atoms with E-state index in [2.05, 4.69) is 20.5 Å². The number of thioether (sulfide) groups is 1. The van der Waals surface area contributed by atoms with Gasteiger partial charge in [0, 0.05) is 6.54 Å². The summed E-state index contributed by atoms with van der Waals surface area (Å²) in [6, 6.07) is -0.262. The van der Waals surface area contributed by atoms with E-state index in [9.17, 15) is 8.42 Å². The molecule has 0 aliphatic carbocycles. The molecule has 0 fully saturated rings. The Morgan fingerprint density at radius 2 is 2.21 bits per heavy atom. The Labute approximate surface area is 147 Å². The van der Waals surface area contributed by atoms with Crippen molar-refractivity contribution in [3.63, 3.8) is 0 Å². The van der Waals surface area contributed by atoms with Crippen LogP contribution in [0.25, 0.3) is 0 Å². The monoisotopic (exact) mass is 382 g/mol. The molecular weight excluding hydrogens is 368 g/mol. The molecule has 0 N–H and O–H groups in total. The van der Waals surface area contributed by atoms with Crippen molar-refractivity contribution in [3.8, 4) is 0 Å². The minimum Gasteiger partial charge on any atom is -0.309 e. The lowest BCUT2D eigenvalue weighted by atomic mass is 10.0. The molecule has 0 saturated heterocycles. The van der Waals surface area contributed by atoms with Crippen LogP contribution in [0.15, 0.2) is 53.0 Å². The molecule has 8 nitrogen and oxygen atoms in total. The van der Waals surface area contributed by atoms with Gasteiger partial charge in [-0.15, -0.1) is 16.4 Å².